The van der Waals surface area contributed by atoms with Crippen LogP contribution < -0.4 is 5.32 Å². The summed E-state index contributed by atoms with van der Waals surface area (Å²) in [6.45, 7) is 1.04. The zero-order chi connectivity index (χ0) is 24.7. The molecular formula is C25H27Cl2FN2O4. The van der Waals surface area contributed by atoms with E-state index in [1.165, 1.54) is 12.1 Å². The largest absolute Gasteiger partial charge is 0.481 e. The average molecular weight is 509 g/mol. The Balaban J connectivity index is 1.63. The van der Waals surface area contributed by atoms with Crippen molar-refractivity contribution in [2.45, 2.75) is 38.0 Å². The summed E-state index contributed by atoms with van der Waals surface area (Å²) in [7, 11) is 0. The Morgan fingerprint density at radius 1 is 1.06 bits per heavy atom. The molecule has 2 N–H and O–H groups in total. The molecule has 0 unspecified atom stereocenters. The van der Waals surface area contributed by atoms with Gasteiger partial charge < -0.3 is 15.3 Å². The molecule has 182 valence electrons. The van der Waals surface area contributed by atoms with Crippen LogP contribution in [0.2, 0.25) is 10.0 Å². The molecule has 0 aliphatic carbocycles. The van der Waals surface area contributed by atoms with E-state index in [9.17, 15) is 18.8 Å². The topological polar surface area (TPSA) is 86.7 Å². The van der Waals surface area contributed by atoms with Crippen molar-refractivity contribution in [1.29, 1.82) is 0 Å². The molecule has 2 aromatic carbocycles. The molecule has 0 bridgehead atoms. The summed E-state index contributed by atoms with van der Waals surface area (Å²) in [5.74, 6) is -2.16. The number of hydrogen-bond acceptors (Lipinski definition) is 3. The molecule has 1 fully saturated rings. The van der Waals surface area contributed by atoms with Gasteiger partial charge in [0.25, 0.3) is 0 Å². The van der Waals surface area contributed by atoms with Crippen LogP contribution in [0.25, 0.3) is 0 Å². The van der Waals surface area contributed by atoms with Crippen molar-refractivity contribution >= 4 is 41.0 Å². The number of nitrogens with zero attached hydrogens (tertiary/aromatic N) is 1. The summed E-state index contributed by atoms with van der Waals surface area (Å²) in [5, 5.41) is 12.3. The van der Waals surface area contributed by atoms with Crippen LogP contribution in [-0.2, 0) is 20.8 Å². The third-order valence-corrected chi connectivity index (χ3v) is 6.84. The summed E-state index contributed by atoms with van der Waals surface area (Å²) >= 11 is 12.2. The van der Waals surface area contributed by atoms with E-state index >= 15 is 0 Å². The van der Waals surface area contributed by atoms with Crippen molar-refractivity contribution in [3.63, 3.8) is 0 Å². The Kier molecular flexibility index (Phi) is 9.30. The third-order valence-electron chi connectivity index (χ3n) is 6.10. The number of amides is 2. The zero-order valence-corrected chi connectivity index (χ0v) is 20.1. The molecule has 0 radical (unpaired) electrons. The Labute approximate surface area is 208 Å². The van der Waals surface area contributed by atoms with Crippen molar-refractivity contribution < 1.29 is 23.9 Å². The number of rotatable bonds is 9. The second kappa shape index (κ2) is 12.2. The molecule has 1 saturated heterocycles. The van der Waals surface area contributed by atoms with Crippen LogP contribution >= 0.6 is 23.2 Å². The number of likely N-dealkylation sites (tertiary alicyclic amines) is 1. The Bertz CT molecular complexity index is 1040. The summed E-state index contributed by atoms with van der Waals surface area (Å²) in [6.07, 6.45) is 1.82. The standard InChI is InChI=1S/C25H27Cl2FN2O4/c26-20-6-5-18(15-21(20)27)24(25(34)29-11-8-23(32)33)17-9-12-30(13-10-17)22(31)7-4-16-2-1-3-19(28)14-16/h1-3,5-6,14-15,17,24H,4,7-13H2,(H,29,34)(H,32,33)/t24-/m0/s1. The second-order valence-electron chi connectivity index (χ2n) is 8.43. The smallest absolute Gasteiger partial charge is 0.305 e. The van der Waals surface area contributed by atoms with Gasteiger partial charge in [0, 0.05) is 26.1 Å². The number of carboxylic acid groups (broad SMARTS) is 1. The maximum atomic E-state index is 13.4. The van der Waals surface area contributed by atoms with Crippen LogP contribution in [0.4, 0.5) is 4.39 Å². The van der Waals surface area contributed by atoms with Gasteiger partial charge >= 0.3 is 5.97 Å². The molecule has 1 heterocycles. The SMILES string of the molecule is O=C(O)CCNC(=O)[C@H](c1ccc(Cl)c(Cl)c1)C1CCN(C(=O)CCc2cccc(F)c2)CC1. The third kappa shape index (κ3) is 7.18. The molecule has 0 aromatic heterocycles. The fourth-order valence-corrected chi connectivity index (χ4v) is 4.64. The molecule has 2 amide bonds. The molecule has 9 heteroatoms. The first-order valence-corrected chi connectivity index (χ1v) is 12.0. The van der Waals surface area contributed by atoms with Gasteiger partial charge in [0.15, 0.2) is 0 Å². The van der Waals surface area contributed by atoms with Crippen molar-refractivity contribution in [2.24, 2.45) is 5.92 Å². The number of piperidine rings is 1. The highest BCUT2D eigenvalue weighted by atomic mass is 35.5. The summed E-state index contributed by atoms with van der Waals surface area (Å²) in [5.41, 5.74) is 1.49. The van der Waals surface area contributed by atoms with Crippen molar-refractivity contribution in [3.05, 3.63) is 69.5 Å². The van der Waals surface area contributed by atoms with E-state index in [2.05, 4.69) is 5.32 Å². The molecule has 1 aliphatic heterocycles. The van der Waals surface area contributed by atoms with Crippen molar-refractivity contribution in [3.8, 4) is 0 Å². The fourth-order valence-electron chi connectivity index (χ4n) is 4.33. The van der Waals surface area contributed by atoms with E-state index in [4.69, 9.17) is 28.3 Å². The first kappa shape index (κ1) is 26.0. The van der Waals surface area contributed by atoms with Crippen molar-refractivity contribution in [1.82, 2.24) is 10.2 Å². The van der Waals surface area contributed by atoms with Crippen LogP contribution in [0.1, 0.15) is 42.7 Å². The monoisotopic (exact) mass is 508 g/mol. The lowest BCUT2D eigenvalue weighted by atomic mass is 9.79. The molecule has 2 aromatic rings. The Hall–Kier alpha value is -2.64. The molecule has 0 spiro atoms. The minimum absolute atomic E-state index is 0.000270. The van der Waals surface area contributed by atoms with Gasteiger partial charge in [-0.1, -0.05) is 41.4 Å². The highest BCUT2D eigenvalue weighted by molar-refractivity contribution is 6.42. The van der Waals surface area contributed by atoms with Gasteiger partial charge in [0.05, 0.1) is 22.4 Å². The number of aryl methyl sites for hydroxylation is 1. The highest BCUT2D eigenvalue weighted by Crippen LogP contribution is 2.36. The lowest BCUT2D eigenvalue weighted by molar-refractivity contribution is -0.137. The molecule has 1 atom stereocenters. The number of nitrogens with one attached hydrogen (secondary N) is 1. The van der Waals surface area contributed by atoms with E-state index in [0.29, 0.717) is 54.4 Å². The number of carbonyl (C=O) groups is 3. The highest BCUT2D eigenvalue weighted by Gasteiger charge is 2.34. The second-order valence-corrected chi connectivity index (χ2v) is 9.25. The predicted molar refractivity (Wildman–Crippen MR) is 128 cm³/mol. The number of halogens is 3. The Morgan fingerprint density at radius 2 is 1.79 bits per heavy atom. The number of benzene rings is 2. The summed E-state index contributed by atoms with van der Waals surface area (Å²) in [6, 6.07) is 11.3. The predicted octanol–water partition coefficient (Wildman–Crippen LogP) is 4.68. The normalized spacial score (nSPS) is 15.1. The van der Waals surface area contributed by atoms with Crippen LogP contribution in [0.3, 0.4) is 0 Å². The summed E-state index contributed by atoms with van der Waals surface area (Å²) in [4.78, 5) is 38.3. The molecule has 6 nitrogen and oxygen atoms in total. The first-order valence-electron chi connectivity index (χ1n) is 11.2. The zero-order valence-electron chi connectivity index (χ0n) is 18.6. The maximum absolute atomic E-state index is 13.4. The maximum Gasteiger partial charge on any atom is 0.305 e. The van der Waals surface area contributed by atoms with Gasteiger partial charge in [-0.3, -0.25) is 14.4 Å². The van der Waals surface area contributed by atoms with E-state index < -0.39 is 11.9 Å². The number of aliphatic carboxylic acids is 1. The number of carboxylic acids is 1. The number of carbonyl (C=O) groups excluding carboxylic acids is 2. The van der Waals surface area contributed by atoms with Crippen LogP contribution in [-0.4, -0.2) is 47.4 Å². The van der Waals surface area contributed by atoms with Crippen molar-refractivity contribution in [2.75, 3.05) is 19.6 Å². The summed E-state index contributed by atoms with van der Waals surface area (Å²) < 4.78 is 13.4. The van der Waals surface area contributed by atoms with Gasteiger partial charge in [-0.05, 0) is 60.6 Å². The molecular weight excluding hydrogens is 482 g/mol. The van der Waals surface area contributed by atoms with E-state index in [1.807, 2.05) is 0 Å². The minimum atomic E-state index is -0.989. The molecule has 3 rings (SSSR count). The number of hydrogen-bond donors (Lipinski definition) is 2. The van der Waals surface area contributed by atoms with Gasteiger partial charge in [-0.15, -0.1) is 0 Å². The lowest BCUT2D eigenvalue weighted by Gasteiger charge is -2.36. The average Bonchev–Trinajstić information content (AvgIpc) is 2.80. The van der Waals surface area contributed by atoms with Gasteiger partial charge in [-0.25, -0.2) is 4.39 Å². The van der Waals surface area contributed by atoms with E-state index in [-0.39, 0.29) is 36.5 Å². The van der Waals surface area contributed by atoms with Crippen LogP contribution in [0.15, 0.2) is 42.5 Å². The van der Waals surface area contributed by atoms with Gasteiger partial charge in [-0.2, -0.15) is 0 Å². The minimum Gasteiger partial charge on any atom is -0.481 e. The fraction of sp³-hybridized carbons (Fsp3) is 0.400. The van der Waals surface area contributed by atoms with Gasteiger partial charge in [0.2, 0.25) is 11.8 Å². The lowest BCUT2D eigenvalue weighted by Crippen LogP contribution is -2.43. The van der Waals surface area contributed by atoms with E-state index in [0.717, 1.165) is 5.56 Å². The molecule has 1 aliphatic rings. The van der Waals surface area contributed by atoms with Crippen LogP contribution in [0.5, 0.6) is 0 Å². The first-order chi connectivity index (χ1) is 16.2. The molecule has 0 saturated carbocycles. The quantitative estimate of drug-likeness (QED) is 0.514. The van der Waals surface area contributed by atoms with E-state index in [1.54, 1.807) is 35.2 Å². The van der Waals surface area contributed by atoms with Crippen LogP contribution in [0, 0.1) is 11.7 Å². The molecule has 34 heavy (non-hydrogen) atoms. The Morgan fingerprint density at radius 3 is 2.44 bits per heavy atom. The van der Waals surface area contributed by atoms with Gasteiger partial charge in [0.1, 0.15) is 5.82 Å².